The fourth-order valence-electron chi connectivity index (χ4n) is 2.74. The van der Waals surface area contributed by atoms with Gasteiger partial charge in [0.1, 0.15) is 11.4 Å². The summed E-state index contributed by atoms with van der Waals surface area (Å²) in [6.45, 7) is 1.91. The summed E-state index contributed by atoms with van der Waals surface area (Å²) in [6.07, 6.45) is 1.04. The zero-order valence-electron chi connectivity index (χ0n) is 14.6. The number of H-pyrrole nitrogens is 1. The lowest BCUT2D eigenvalue weighted by Crippen LogP contribution is -2.08. The Hall–Kier alpha value is -2.39. The maximum atomic E-state index is 12.2. The first kappa shape index (κ1) is 19.9. The molecule has 0 bridgehead atoms. The molecule has 0 saturated carbocycles. The number of aromatic amines is 1. The van der Waals surface area contributed by atoms with Crippen molar-refractivity contribution < 1.29 is 32.0 Å². The molecule has 0 aliphatic carbocycles. The number of ether oxygens (including phenoxy) is 2. The highest BCUT2D eigenvalue weighted by Crippen LogP contribution is 2.27. The van der Waals surface area contributed by atoms with Crippen LogP contribution < -0.4 is 0 Å². The molecule has 0 aliphatic heterocycles. The first-order valence-corrected chi connectivity index (χ1v) is 9.68. The lowest BCUT2D eigenvalue weighted by molar-refractivity contribution is -0.140. The predicted molar refractivity (Wildman–Crippen MR) is 94.5 cm³/mol. The Morgan fingerprint density at radius 1 is 1.27 bits per heavy atom. The van der Waals surface area contributed by atoms with Crippen LogP contribution in [0.1, 0.15) is 41.4 Å². The monoisotopic (exact) mass is 383 g/mol. The van der Waals surface area contributed by atoms with Gasteiger partial charge in [-0.25, -0.2) is 4.79 Å². The zero-order chi connectivity index (χ0) is 19.3. The minimum atomic E-state index is -4.17. The van der Waals surface area contributed by atoms with Crippen molar-refractivity contribution in [3.63, 3.8) is 0 Å². The molecular formula is C17H21NO7S. The van der Waals surface area contributed by atoms with Crippen molar-refractivity contribution in [1.82, 2.24) is 4.98 Å². The van der Waals surface area contributed by atoms with Crippen LogP contribution in [-0.2, 0) is 36.6 Å². The molecule has 2 N–H and O–H groups in total. The van der Waals surface area contributed by atoms with E-state index in [1.54, 1.807) is 25.1 Å². The SMILES string of the molecule is CCOC(=O)c1[nH]c2ccc(CS(=O)(=O)O)cc2c1CCCC(=O)OC. The molecule has 0 aliphatic rings. The summed E-state index contributed by atoms with van der Waals surface area (Å²) in [4.78, 5) is 26.5. The number of carbonyl (C=O) groups excluding carboxylic acids is 2. The third-order valence-electron chi connectivity index (χ3n) is 3.83. The maximum absolute atomic E-state index is 12.2. The molecule has 0 saturated heterocycles. The second kappa shape index (κ2) is 8.33. The minimum Gasteiger partial charge on any atom is -0.469 e. The van der Waals surface area contributed by atoms with E-state index in [2.05, 4.69) is 9.72 Å². The van der Waals surface area contributed by atoms with E-state index < -0.39 is 21.8 Å². The zero-order valence-corrected chi connectivity index (χ0v) is 15.4. The summed E-state index contributed by atoms with van der Waals surface area (Å²) in [5.74, 6) is -1.40. The lowest BCUT2D eigenvalue weighted by atomic mass is 10.0. The third kappa shape index (κ3) is 5.06. The topological polar surface area (TPSA) is 123 Å². The number of esters is 2. The van der Waals surface area contributed by atoms with Gasteiger partial charge in [0.25, 0.3) is 10.1 Å². The first-order chi connectivity index (χ1) is 12.2. The van der Waals surface area contributed by atoms with Crippen molar-refractivity contribution in [2.24, 2.45) is 0 Å². The van der Waals surface area contributed by atoms with Crippen LogP contribution >= 0.6 is 0 Å². The van der Waals surface area contributed by atoms with E-state index in [0.717, 1.165) is 0 Å². The van der Waals surface area contributed by atoms with Gasteiger partial charge in [-0.15, -0.1) is 0 Å². The largest absolute Gasteiger partial charge is 0.469 e. The van der Waals surface area contributed by atoms with Gasteiger partial charge in [-0.3, -0.25) is 9.35 Å². The lowest BCUT2D eigenvalue weighted by Gasteiger charge is -2.05. The maximum Gasteiger partial charge on any atom is 0.355 e. The quantitative estimate of drug-likeness (QED) is 0.529. The summed E-state index contributed by atoms with van der Waals surface area (Å²) < 4.78 is 41.0. The molecule has 0 amide bonds. The van der Waals surface area contributed by atoms with E-state index in [1.165, 1.54) is 7.11 Å². The van der Waals surface area contributed by atoms with Crippen molar-refractivity contribution in [1.29, 1.82) is 0 Å². The molecule has 2 rings (SSSR count). The van der Waals surface area contributed by atoms with E-state index in [1.807, 2.05) is 0 Å². The standard InChI is InChI=1S/C17H21NO7S/c1-3-25-17(20)16-12(5-4-6-15(19)24-2)13-9-11(10-26(21,22)23)7-8-14(13)18-16/h7-9,18H,3-6,10H2,1-2H3,(H,21,22,23). The number of rotatable bonds is 8. The first-order valence-electron chi connectivity index (χ1n) is 8.07. The molecule has 0 spiro atoms. The van der Waals surface area contributed by atoms with Crippen LogP contribution in [0.25, 0.3) is 10.9 Å². The van der Waals surface area contributed by atoms with Gasteiger partial charge < -0.3 is 14.5 Å². The molecular weight excluding hydrogens is 362 g/mol. The molecule has 0 unspecified atom stereocenters. The number of benzene rings is 1. The van der Waals surface area contributed by atoms with Crippen LogP contribution in [0.2, 0.25) is 0 Å². The van der Waals surface area contributed by atoms with E-state index in [0.29, 0.717) is 34.9 Å². The smallest absolute Gasteiger partial charge is 0.355 e. The van der Waals surface area contributed by atoms with Crippen LogP contribution in [0.4, 0.5) is 0 Å². The summed E-state index contributed by atoms with van der Waals surface area (Å²) in [5.41, 5.74) is 1.94. The molecule has 2 aromatic rings. The normalized spacial score (nSPS) is 11.5. The Balaban J connectivity index is 2.43. The van der Waals surface area contributed by atoms with Gasteiger partial charge in [-0.2, -0.15) is 8.42 Å². The fourth-order valence-corrected chi connectivity index (χ4v) is 3.34. The average Bonchev–Trinajstić information content (AvgIpc) is 2.91. The number of nitrogens with one attached hydrogen (secondary N) is 1. The van der Waals surface area contributed by atoms with Gasteiger partial charge in [-0.05, 0) is 43.0 Å². The summed E-state index contributed by atoms with van der Waals surface area (Å²) in [7, 11) is -2.87. The van der Waals surface area contributed by atoms with Crippen molar-refractivity contribution >= 4 is 33.0 Å². The molecule has 142 valence electrons. The van der Waals surface area contributed by atoms with Crippen molar-refractivity contribution in [2.75, 3.05) is 13.7 Å². The van der Waals surface area contributed by atoms with Crippen molar-refractivity contribution in [2.45, 2.75) is 31.9 Å². The van der Waals surface area contributed by atoms with Crippen LogP contribution in [0.3, 0.4) is 0 Å². The Kier molecular flexibility index (Phi) is 6.38. The summed E-state index contributed by atoms with van der Waals surface area (Å²) in [5, 5.41) is 0.652. The summed E-state index contributed by atoms with van der Waals surface area (Å²) >= 11 is 0. The van der Waals surface area contributed by atoms with Crippen LogP contribution in [0.15, 0.2) is 18.2 Å². The van der Waals surface area contributed by atoms with E-state index >= 15 is 0 Å². The van der Waals surface area contributed by atoms with E-state index in [4.69, 9.17) is 9.29 Å². The Morgan fingerprint density at radius 3 is 2.62 bits per heavy atom. The van der Waals surface area contributed by atoms with Crippen molar-refractivity contribution in [3.8, 4) is 0 Å². The predicted octanol–water partition coefficient (Wildman–Crippen LogP) is 2.23. The van der Waals surface area contributed by atoms with Gasteiger partial charge >= 0.3 is 11.9 Å². The van der Waals surface area contributed by atoms with Gasteiger partial charge in [0, 0.05) is 17.3 Å². The van der Waals surface area contributed by atoms with Gasteiger partial charge in [0.05, 0.1) is 13.7 Å². The highest BCUT2D eigenvalue weighted by molar-refractivity contribution is 7.85. The van der Waals surface area contributed by atoms with Crippen LogP contribution in [0, 0.1) is 0 Å². The molecule has 0 atom stereocenters. The number of carbonyl (C=O) groups is 2. The van der Waals surface area contributed by atoms with Gasteiger partial charge in [0.2, 0.25) is 0 Å². The second-order valence-corrected chi connectivity index (χ2v) is 7.19. The average molecular weight is 383 g/mol. The number of aryl methyl sites for hydroxylation is 1. The molecule has 26 heavy (non-hydrogen) atoms. The van der Waals surface area contributed by atoms with Crippen LogP contribution in [-0.4, -0.2) is 43.6 Å². The molecule has 9 heteroatoms. The Bertz CT molecular complexity index is 915. The third-order valence-corrected chi connectivity index (χ3v) is 4.53. The highest BCUT2D eigenvalue weighted by atomic mass is 32.2. The number of methoxy groups -OCH3 is 1. The molecule has 8 nitrogen and oxygen atoms in total. The van der Waals surface area contributed by atoms with E-state index in [9.17, 15) is 18.0 Å². The number of hydrogen-bond acceptors (Lipinski definition) is 6. The molecule has 0 radical (unpaired) electrons. The van der Waals surface area contributed by atoms with Gasteiger partial charge in [-0.1, -0.05) is 6.07 Å². The van der Waals surface area contributed by atoms with Crippen molar-refractivity contribution in [3.05, 3.63) is 35.0 Å². The second-order valence-electron chi connectivity index (χ2n) is 5.73. The Morgan fingerprint density at radius 2 is 2.00 bits per heavy atom. The number of hydrogen-bond donors (Lipinski definition) is 2. The minimum absolute atomic E-state index is 0.191. The van der Waals surface area contributed by atoms with Crippen LogP contribution in [0.5, 0.6) is 0 Å². The van der Waals surface area contributed by atoms with E-state index in [-0.39, 0.29) is 24.7 Å². The fraction of sp³-hybridized carbons (Fsp3) is 0.412. The highest BCUT2D eigenvalue weighted by Gasteiger charge is 2.20. The molecule has 1 heterocycles. The summed E-state index contributed by atoms with van der Waals surface area (Å²) in [6, 6.07) is 4.80. The molecule has 1 aromatic carbocycles. The number of aromatic nitrogens is 1. The Labute approximate surface area is 151 Å². The van der Waals surface area contributed by atoms with Gasteiger partial charge in [0.15, 0.2) is 0 Å². The molecule has 0 fully saturated rings. The number of fused-ring (bicyclic) bond motifs is 1. The molecule has 1 aromatic heterocycles.